The van der Waals surface area contributed by atoms with Crippen molar-refractivity contribution >= 4 is 128 Å². The van der Waals surface area contributed by atoms with Crippen molar-refractivity contribution in [1.82, 2.24) is 50.5 Å². The topological polar surface area (TPSA) is 480 Å². The number of hydrogen-bond acceptors (Lipinski definition) is 22. The van der Waals surface area contributed by atoms with Crippen LogP contribution < -0.4 is 52.0 Å². The first kappa shape index (κ1) is 83.5. The van der Waals surface area contributed by atoms with Gasteiger partial charge in [0.2, 0.25) is 11.8 Å². The summed E-state index contributed by atoms with van der Waals surface area (Å²) in [6.07, 6.45) is 2.01. The average Bonchev–Trinajstić information content (AvgIpc) is 1.57. The molecule has 13 amide bonds. The number of nitrogens with zero attached hydrogens (tertiary/aromatic N) is 6. The number of aliphatic hydroxyl groups excluding tert-OH is 1. The number of likely N-dealkylation sites (N-methyl/N-ethyl adjacent to an activating group) is 1. The molecule has 38 heteroatoms. The Balaban J connectivity index is 0.709. The number of nitrogens with one attached hydrogen (secondary N) is 7. The monoisotopic (exact) mass is 1620 g/mol. The number of phenols is 2. The lowest BCUT2D eigenvalue weighted by Gasteiger charge is -2.31. The number of rotatable bonds is 34. The van der Waals surface area contributed by atoms with Crippen molar-refractivity contribution in [2.75, 3.05) is 134 Å². The zero-order valence-corrected chi connectivity index (χ0v) is 65.8. The second-order valence-corrected chi connectivity index (χ2v) is 30.3. The number of imide groups is 1. The number of carbonyl (C=O) groups excluding carboxylic acids is 11. The van der Waals surface area contributed by atoms with Crippen molar-refractivity contribution in [3.8, 4) is 23.0 Å². The van der Waals surface area contributed by atoms with Crippen LogP contribution in [0.5, 0.6) is 23.0 Å². The van der Waals surface area contributed by atoms with E-state index in [4.69, 9.17) is 56.2 Å². The Hall–Kier alpha value is -11.4. The number of halogens is 1. The zero-order chi connectivity index (χ0) is 82.1. The molecular formula is C76H94ClN15O21S. The van der Waals surface area contributed by atoms with Gasteiger partial charge in [-0.15, -0.1) is 23.4 Å². The minimum absolute atomic E-state index is 0.00199. The molecule has 5 aliphatic rings. The summed E-state index contributed by atoms with van der Waals surface area (Å²) >= 11 is 8.05. The van der Waals surface area contributed by atoms with E-state index in [9.17, 15) is 63.3 Å². The predicted molar refractivity (Wildman–Crippen MR) is 417 cm³/mol. The van der Waals surface area contributed by atoms with E-state index in [2.05, 4.69) is 36.2 Å². The van der Waals surface area contributed by atoms with Crippen molar-refractivity contribution in [3.05, 3.63) is 110 Å². The highest BCUT2D eigenvalue weighted by Gasteiger charge is 2.48. The van der Waals surface area contributed by atoms with Crippen molar-refractivity contribution in [1.29, 1.82) is 0 Å². The van der Waals surface area contributed by atoms with Crippen molar-refractivity contribution < 1.29 is 101 Å². The van der Waals surface area contributed by atoms with Gasteiger partial charge < -0.3 is 116 Å². The highest BCUT2D eigenvalue weighted by Crippen LogP contribution is 2.54. The second-order valence-electron chi connectivity index (χ2n) is 28.4. The number of aromatic hydroxyl groups is 2. The molecule has 36 nitrogen and oxygen atoms in total. The number of alkyl carbamates (subject to hydrolysis) is 1. The number of carbonyl (C=O) groups is 11. The highest BCUT2D eigenvalue weighted by molar-refractivity contribution is 8.04. The van der Waals surface area contributed by atoms with E-state index in [-0.39, 0.29) is 181 Å². The molecular weight excluding hydrogens is 1530 g/mol. The summed E-state index contributed by atoms with van der Waals surface area (Å²) in [7, 11) is 4.17. The summed E-state index contributed by atoms with van der Waals surface area (Å²) < 4.78 is 39.7. The van der Waals surface area contributed by atoms with Gasteiger partial charge in [0.1, 0.15) is 36.7 Å². The van der Waals surface area contributed by atoms with Crippen molar-refractivity contribution in [3.63, 3.8) is 0 Å². The number of likely N-dealkylation sites (tertiary alicyclic amines) is 1. The number of thioether (sulfide) groups is 1. The fourth-order valence-electron chi connectivity index (χ4n) is 14.7. The molecule has 114 heavy (non-hydrogen) atoms. The van der Waals surface area contributed by atoms with Crippen LogP contribution in [0.25, 0.3) is 21.8 Å². The maximum absolute atomic E-state index is 15.2. The number of alkyl halides is 1. The van der Waals surface area contributed by atoms with Crippen LogP contribution in [-0.2, 0) is 62.3 Å². The Morgan fingerprint density at radius 1 is 0.772 bits per heavy atom. The van der Waals surface area contributed by atoms with Gasteiger partial charge in [-0.25, -0.2) is 24.0 Å². The molecule has 1 aliphatic carbocycles. The molecule has 1 fully saturated rings. The normalized spacial score (nSPS) is 16.6. The van der Waals surface area contributed by atoms with Gasteiger partial charge >= 0.3 is 30.3 Å². The van der Waals surface area contributed by atoms with Crippen molar-refractivity contribution in [2.24, 2.45) is 23.3 Å². The van der Waals surface area contributed by atoms with Gasteiger partial charge in [0.25, 0.3) is 23.6 Å². The third-order valence-electron chi connectivity index (χ3n) is 20.2. The molecule has 0 radical (unpaired) electrons. The molecule has 0 saturated carbocycles. The number of H-pyrrole nitrogens is 3. The molecule has 3 aromatic carbocycles. The van der Waals surface area contributed by atoms with Gasteiger partial charge in [0.05, 0.1) is 86.8 Å². The largest absolute Gasteiger partial charge is 0.503 e. The number of primary amides is 2. The Kier molecular flexibility index (Phi) is 26.8. The Bertz CT molecular complexity index is 4770. The Morgan fingerprint density at radius 2 is 1.41 bits per heavy atom. The lowest BCUT2D eigenvalue weighted by molar-refractivity contribution is -0.137. The maximum atomic E-state index is 15.2. The minimum atomic E-state index is -1.18. The van der Waals surface area contributed by atoms with Crippen LogP contribution in [0.4, 0.5) is 41.0 Å². The number of benzene rings is 3. The fraction of sp³-hybridized carbons (Fsp3) is 0.461. The molecule has 11 rings (SSSR count). The number of amides is 13. The molecule has 5 atom stereocenters. The standard InChI is InChI=1S/C76H94ClN15O21S/c1-38(2)57(86-74(104)111-29-28-110-26-23-89-54(94)33-53(71(89)101)114-39(3)4)68(98)85-48(10-9-17-80-72(78)102)67(97)82-43-13-11-41(12-14-43)37-112-75(105)87(6)20-21-88(22-25-109-27-24-93)76(106)113-52-32-51-56(55-40(5)35-81-60(52)55)42(34-77)36-92(51)70(100)50-31-46-44-15-18-90(61(44)63(95)65(107-7)58(46)84-50)69(99)49-30-47-45-16-19-91(73(79)103)62(45)64(96)66(108-8)59(47)83-49/h11-14,30-33,35,38-39,42,48,52,56-57,81,83-84,93,95-96H,9-10,15-29,34,36-37H2,1-8H3,(H2,79,103)(H,82,97)(H,85,98)(H,86,104)(H3,78,80,102)/t42-,48+,52?,56?,57+/m1/s1. The summed E-state index contributed by atoms with van der Waals surface area (Å²) in [5, 5.41) is 44.4. The Labute approximate surface area is 663 Å². The number of anilines is 3. The first-order chi connectivity index (χ1) is 54.6. The number of hydrogen-bond donors (Lipinski definition) is 12. The number of phenolic OH excluding ortho intramolecular Hbond substituents is 2. The number of aliphatic hydroxyl groups is 1. The number of urea groups is 2. The molecule has 4 aliphatic heterocycles. The molecule has 0 spiro atoms. The molecule has 1 saturated heterocycles. The second kappa shape index (κ2) is 36.6. The number of aryl methyl sites for hydroxylation is 1. The molecule has 2 unspecified atom stereocenters. The first-order valence-corrected chi connectivity index (χ1v) is 38.5. The number of fused-ring (bicyclic) bond motifs is 9. The molecule has 7 heterocycles. The lowest BCUT2D eigenvalue weighted by atomic mass is 9.81. The van der Waals surface area contributed by atoms with E-state index in [0.29, 0.717) is 66.9 Å². The number of allylic oxidation sites excluding steroid dienone is 1. The summed E-state index contributed by atoms with van der Waals surface area (Å²) in [6.45, 7) is 8.56. The van der Waals surface area contributed by atoms with E-state index >= 15 is 4.79 Å². The number of ether oxygens (including phenoxy) is 7. The van der Waals surface area contributed by atoms with Crippen LogP contribution >= 0.6 is 23.4 Å². The fourth-order valence-corrected chi connectivity index (χ4v) is 15.9. The van der Waals surface area contributed by atoms with Gasteiger partial charge in [-0.1, -0.05) is 39.8 Å². The number of aromatic nitrogens is 3. The SMILES string of the molecule is COc1c(O)c2c(c3cc(C(=O)N4CCc5c4c(O)c(OC)c4[nH]c(C(=O)N6C[C@@H](CCl)C7C6=CC(OC(=O)N(CCOCCO)CCN(C)C(=O)OCc6ccc(NC(=O)[C@H](CCCNC(N)=O)NC(=O)[C@@H](NC(=O)OCCOCCN8C(=O)C=C(SC(C)C)C8=O)C(C)C)cc6)c6[nH]cc(C)c67)cc54)[nH]c13)CCN2C(N)=O. The zero-order valence-electron chi connectivity index (χ0n) is 64.2. The van der Waals surface area contributed by atoms with Crippen LogP contribution in [0.1, 0.15) is 107 Å². The summed E-state index contributed by atoms with van der Waals surface area (Å²) in [6, 6.07) is 5.65. The first-order valence-electron chi connectivity index (χ1n) is 37.1. The van der Waals surface area contributed by atoms with Gasteiger partial charge in [-0.2, -0.15) is 0 Å². The number of methoxy groups -OCH3 is 2. The third kappa shape index (κ3) is 18.0. The highest BCUT2D eigenvalue weighted by atomic mass is 35.5. The summed E-state index contributed by atoms with van der Waals surface area (Å²) in [4.78, 5) is 165. The third-order valence-corrected chi connectivity index (χ3v) is 21.6. The molecule has 14 N–H and O–H groups in total. The quantitative estimate of drug-likeness (QED) is 0.00933. The lowest BCUT2D eigenvalue weighted by Crippen LogP contribution is -2.54. The summed E-state index contributed by atoms with van der Waals surface area (Å²) in [5.41, 5.74) is 16.7. The average molecular weight is 1620 g/mol. The van der Waals surface area contributed by atoms with E-state index < -0.39 is 95.8 Å². The van der Waals surface area contributed by atoms with Crippen LogP contribution in [-0.4, -0.2) is 252 Å². The van der Waals surface area contributed by atoms with Crippen LogP contribution in [0.3, 0.4) is 0 Å². The summed E-state index contributed by atoms with van der Waals surface area (Å²) in [5.74, 6) is -5.00. The van der Waals surface area contributed by atoms with Gasteiger partial charge in [-0.3, -0.25) is 38.6 Å². The van der Waals surface area contributed by atoms with Gasteiger partial charge in [0, 0.05) is 110 Å². The molecule has 0 bridgehead atoms. The predicted octanol–water partition coefficient (Wildman–Crippen LogP) is 6.14. The van der Waals surface area contributed by atoms with E-state index in [1.54, 1.807) is 67.4 Å². The number of nitrogens with two attached hydrogens (primary N) is 2. The Morgan fingerprint density at radius 3 is 2.03 bits per heavy atom. The van der Waals surface area contributed by atoms with Crippen LogP contribution in [0.15, 0.2) is 65.3 Å². The van der Waals surface area contributed by atoms with E-state index in [1.807, 2.05) is 20.8 Å². The molecule has 6 aromatic rings. The maximum Gasteiger partial charge on any atom is 0.410 e. The van der Waals surface area contributed by atoms with E-state index in [1.165, 1.54) is 58.7 Å². The smallest absolute Gasteiger partial charge is 0.410 e. The molecule has 612 valence electrons. The van der Waals surface area contributed by atoms with Crippen molar-refractivity contribution in [2.45, 2.75) is 96.3 Å². The van der Waals surface area contributed by atoms with Gasteiger partial charge in [-0.05, 0) is 96.7 Å². The van der Waals surface area contributed by atoms with Crippen LogP contribution in [0, 0.1) is 18.8 Å². The van der Waals surface area contributed by atoms with Crippen LogP contribution in [0.2, 0.25) is 0 Å². The number of aromatic amines is 3. The van der Waals surface area contributed by atoms with E-state index in [0.717, 1.165) is 16.0 Å². The molecule has 3 aromatic heterocycles. The van der Waals surface area contributed by atoms with Gasteiger partial charge in [0.15, 0.2) is 29.1 Å². The minimum Gasteiger partial charge on any atom is -0.503 e.